The molecule has 0 fully saturated rings. The summed E-state index contributed by atoms with van der Waals surface area (Å²) in [5.41, 5.74) is 1.09. The van der Waals surface area contributed by atoms with Crippen molar-refractivity contribution in [2.75, 3.05) is 0 Å². The van der Waals surface area contributed by atoms with Crippen LogP contribution >= 0.6 is 0 Å². The smallest absolute Gasteiger partial charge is 0.340 e. The van der Waals surface area contributed by atoms with Gasteiger partial charge in [0.05, 0.1) is 5.57 Å². The molecule has 0 radical (unpaired) electrons. The Morgan fingerprint density at radius 2 is 1.65 bits per heavy atom. The van der Waals surface area contributed by atoms with Crippen LogP contribution in [0.5, 0.6) is 0 Å². The second-order valence-corrected chi connectivity index (χ2v) is 5.89. The molecule has 1 aliphatic heterocycles. The quantitative estimate of drug-likeness (QED) is 0.743. The molecule has 108 valence electrons. The van der Waals surface area contributed by atoms with Crippen LogP contribution in [0.3, 0.4) is 0 Å². The molecule has 0 amide bonds. The summed E-state index contributed by atoms with van der Waals surface area (Å²) in [5, 5.41) is 0. The largest absolute Gasteiger partial charge is 0.424 e. The lowest BCUT2D eigenvalue weighted by atomic mass is 9.75. The van der Waals surface area contributed by atoms with Crippen molar-refractivity contribution < 1.29 is 19.1 Å². The van der Waals surface area contributed by atoms with Crippen molar-refractivity contribution in [1.82, 2.24) is 0 Å². The highest BCUT2D eigenvalue weighted by atomic mass is 16.6. The van der Waals surface area contributed by atoms with Gasteiger partial charge in [0.2, 0.25) is 0 Å². The van der Waals surface area contributed by atoms with Gasteiger partial charge in [-0.2, -0.15) is 0 Å². The summed E-state index contributed by atoms with van der Waals surface area (Å²) in [6, 6.07) is 0. The lowest BCUT2D eigenvalue weighted by molar-refractivity contribution is -0.143. The normalized spacial score (nSPS) is 29.1. The van der Waals surface area contributed by atoms with E-state index in [1.165, 1.54) is 0 Å². The van der Waals surface area contributed by atoms with Crippen LogP contribution in [0.2, 0.25) is 0 Å². The summed E-state index contributed by atoms with van der Waals surface area (Å²) in [4.78, 5) is 24.4. The van der Waals surface area contributed by atoms with Crippen LogP contribution in [-0.4, -0.2) is 11.9 Å². The summed E-state index contributed by atoms with van der Waals surface area (Å²) in [7, 11) is 0. The SMILES string of the molecule is CCCC1CC2=C1C(=O)OC1=C(C[C@H](CC)C1)OC2=O. The number of rotatable bonds is 3. The van der Waals surface area contributed by atoms with Crippen molar-refractivity contribution in [2.45, 2.75) is 52.4 Å². The maximum Gasteiger partial charge on any atom is 0.340 e. The Balaban J connectivity index is 1.84. The summed E-state index contributed by atoms with van der Waals surface area (Å²) in [6.45, 7) is 4.17. The lowest BCUT2D eigenvalue weighted by Gasteiger charge is -2.32. The van der Waals surface area contributed by atoms with Crippen molar-refractivity contribution in [1.29, 1.82) is 0 Å². The molecule has 1 heterocycles. The zero-order valence-electron chi connectivity index (χ0n) is 12.0. The average Bonchev–Trinajstić information content (AvgIpc) is 2.74. The van der Waals surface area contributed by atoms with Gasteiger partial charge in [0, 0.05) is 18.4 Å². The zero-order chi connectivity index (χ0) is 14.3. The van der Waals surface area contributed by atoms with Gasteiger partial charge in [-0.05, 0) is 24.7 Å². The van der Waals surface area contributed by atoms with Gasteiger partial charge in [-0.15, -0.1) is 0 Å². The van der Waals surface area contributed by atoms with Gasteiger partial charge < -0.3 is 9.47 Å². The van der Waals surface area contributed by atoms with Gasteiger partial charge >= 0.3 is 11.9 Å². The predicted molar refractivity (Wildman–Crippen MR) is 72.3 cm³/mol. The Hall–Kier alpha value is -1.58. The monoisotopic (exact) mass is 276 g/mol. The molecule has 0 bridgehead atoms. The Morgan fingerprint density at radius 3 is 2.25 bits per heavy atom. The fraction of sp³-hybridized carbons (Fsp3) is 0.625. The first-order chi connectivity index (χ1) is 9.63. The number of hydrogen-bond donors (Lipinski definition) is 0. The molecule has 0 aromatic carbocycles. The second-order valence-electron chi connectivity index (χ2n) is 5.89. The maximum atomic E-state index is 12.3. The fourth-order valence-electron chi connectivity index (χ4n) is 3.30. The minimum Gasteiger partial charge on any atom is -0.424 e. The number of hydrogen-bond acceptors (Lipinski definition) is 4. The molecule has 3 aliphatic rings. The second kappa shape index (κ2) is 5.08. The third-order valence-electron chi connectivity index (χ3n) is 4.56. The first-order valence-electron chi connectivity index (χ1n) is 7.53. The van der Waals surface area contributed by atoms with Gasteiger partial charge in [-0.3, -0.25) is 0 Å². The molecule has 0 aromatic heterocycles. The predicted octanol–water partition coefficient (Wildman–Crippen LogP) is 3.23. The van der Waals surface area contributed by atoms with Crippen LogP contribution in [0.1, 0.15) is 52.4 Å². The van der Waals surface area contributed by atoms with E-state index in [1.54, 1.807) is 0 Å². The topological polar surface area (TPSA) is 52.6 Å². The molecule has 2 atom stereocenters. The molecule has 0 aromatic rings. The first kappa shape index (κ1) is 13.4. The van der Waals surface area contributed by atoms with Crippen LogP contribution in [0.15, 0.2) is 22.7 Å². The van der Waals surface area contributed by atoms with Crippen LogP contribution in [0.25, 0.3) is 0 Å². The molecular formula is C16H20O4. The Labute approximate surface area is 118 Å². The van der Waals surface area contributed by atoms with Crippen molar-refractivity contribution in [3.63, 3.8) is 0 Å². The minimum absolute atomic E-state index is 0.167. The Morgan fingerprint density at radius 1 is 1.00 bits per heavy atom. The van der Waals surface area contributed by atoms with Crippen LogP contribution in [0, 0.1) is 11.8 Å². The molecule has 3 rings (SSSR count). The third-order valence-corrected chi connectivity index (χ3v) is 4.56. The van der Waals surface area contributed by atoms with E-state index in [4.69, 9.17) is 9.47 Å². The lowest BCUT2D eigenvalue weighted by Crippen LogP contribution is -2.32. The molecule has 0 saturated heterocycles. The summed E-state index contributed by atoms with van der Waals surface area (Å²) < 4.78 is 11.0. The van der Waals surface area contributed by atoms with Gasteiger partial charge in [0.1, 0.15) is 11.5 Å². The van der Waals surface area contributed by atoms with E-state index in [2.05, 4.69) is 13.8 Å². The molecule has 4 heteroatoms. The number of esters is 2. The number of allylic oxidation sites excluding steroid dienone is 2. The summed E-state index contributed by atoms with van der Waals surface area (Å²) >= 11 is 0. The summed E-state index contributed by atoms with van der Waals surface area (Å²) in [5.74, 6) is 1.06. The van der Waals surface area contributed by atoms with Gasteiger partial charge in [0.25, 0.3) is 0 Å². The van der Waals surface area contributed by atoms with Gasteiger partial charge in [-0.1, -0.05) is 26.7 Å². The molecule has 2 aliphatic carbocycles. The number of carbonyl (C=O) groups excluding carboxylic acids is 2. The third kappa shape index (κ3) is 2.07. The summed E-state index contributed by atoms with van der Waals surface area (Å²) in [6.07, 6.45) is 4.96. The van der Waals surface area contributed by atoms with Crippen molar-refractivity contribution >= 4 is 11.9 Å². The van der Waals surface area contributed by atoms with Crippen molar-refractivity contribution in [2.24, 2.45) is 11.8 Å². The molecule has 4 nitrogen and oxygen atoms in total. The van der Waals surface area contributed by atoms with E-state index in [0.717, 1.165) is 19.3 Å². The van der Waals surface area contributed by atoms with Crippen LogP contribution < -0.4 is 0 Å². The molecule has 20 heavy (non-hydrogen) atoms. The maximum absolute atomic E-state index is 12.3. The molecule has 0 saturated carbocycles. The number of carbonyl (C=O) groups is 2. The molecular weight excluding hydrogens is 256 g/mol. The first-order valence-corrected chi connectivity index (χ1v) is 7.53. The van der Waals surface area contributed by atoms with E-state index in [0.29, 0.717) is 47.8 Å². The van der Waals surface area contributed by atoms with E-state index in [-0.39, 0.29) is 17.9 Å². The molecule has 1 unspecified atom stereocenters. The van der Waals surface area contributed by atoms with Crippen LogP contribution in [0.4, 0.5) is 0 Å². The highest BCUT2D eigenvalue weighted by Gasteiger charge is 2.43. The van der Waals surface area contributed by atoms with Crippen LogP contribution in [-0.2, 0) is 19.1 Å². The van der Waals surface area contributed by atoms with E-state index in [9.17, 15) is 9.59 Å². The van der Waals surface area contributed by atoms with E-state index >= 15 is 0 Å². The number of ether oxygens (including phenoxy) is 2. The van der Waals surface area contributed by atoms with Crippen molar-refractivity contribution in [3.05, 3.63) is 22.7 Å². The van der Waals surface area contributed by atoms with E-state index in [1.807, 2.05) is 0 Å². The Bertz CT molecular complexity index is 527. The minimum atomic E-state index is -0.340. The molecule has 0 spiro atoms. The molecule has 0 N–H and O–H groups in total. The zero-order valence-corrected chi connectivity index (χ0v) is 12.0. The standard InChI is InChI=1S/C16H20O4/c1-3-5-10-8-11-14(10)16(18)20-13-7-9(4-2)6-12(13)19-15(11)17/h9-10H,3-8H2,1-2H3/t9-,10?/m0/s1. The van der Waals surface area contributed by atoms with Gasteiger partial charge in [-0.25, -0.2) is 9.59 Å². The Kier molecular flexibility index (Phi) is 3.40. The highest BCUT2D eigenvalue weighted by molar-refractivity contribution is 6.04. The highest BCUT2D eigenvalue weighted by Crippen LogP contribution is 2.44. The average molecular weight is 276 g/mol. The van der Waals surface area contributed by atoms with Crippen molar-refractivity contribution in [3.8, 4) is 0 Å². The van der Waals surface area contributed by atoms with Gasteiger partial charge in [0.15, 0.2) is 0 Å². The van der Waals surface area contributed by atoms with E-state index < -0.39 is 0 Å². The fourth-order valence-corrected chi connectivity index (χ4v) is 3.30.